The van der Waals surface area contributed by atoms with Gasteiger partial charge in [-0.15, -0.1) is 0 Å². The molecule has 0 heterocycles. The highest BCUT2D eigenvalue weighted by molar-refractivity contribution is 5.98. The van der Waals surface area contributed by atoms with Crippen LogP contribution in [0.1, 0.15) is 85.1 Å². The standard InChI is InChI=1S/C28H34O7/c1-4-6-24-26(15-13-23(18(2)29)28(24)32)35-22-8-5-7-21(17-22)34-20-11-9-19(10-12-20)25(30)14-16-27(31)33-3/h9-13,15,21-22,32H,4-8,14,16-17H2,1-3H3/t21-,22-/m0/s1. The lowest BCUT2D eigenvalue weighted by Crippen LogP contribution is -2.32. The third-order valence-corrected chi connectivity index (χ3v) is 6.25. The quantitative estimate of drug-likeness (QED) is 0.336. The Kier molecular flexibility index (Phi) is 9.29. The Labute approximate surface area is 206 Å². The summed E-state index contributed by atoms with van der Waals surface area (Å²) in [6.07, 6.45) is 4.94. The molecule has 0 bridgehead atoms. The fraction of sp³-hybridized carbons (Fsp3) is 0.464. The molecule has 0 aromatic heterocycles. The number of methoxy groups -OCH3 is 1. The van der Waals surface area contributed by atoms with E-state index in [0.29, 0.717) is 41.0 Å². The summed E-state index contributed by atoms with van der Waals surface area (Å²) in [4.78, 5) is 35.3. The van der Waals surface area contributed by atoms with Gasteiger partial charge in [0, 0.05) is 24.0 Å². The molecule has 1 N–H and O–H groups in total. The summed E-state index contributed by atoms with van der Waals surface area (Å²) in [6.45, 7) is 3.46. The predicted octanol–water partition coefficient (Wildman–Crippen LogP) is 5.45. The monoisotopic (exact) mass is 482 g/mol. The number of hydrogen-bond acceptors (Lipinski definition) is 7. The third-order valence-electron chi connectivity index (χ3n) is 6.25. The molecule has 7 heteroatoms. The fourth-order valence-electron chi connectivity index (χ4n) is 4.37. The summed E-state index contributed by atoms with van der Waals surface area (Å²) in [7, 11) is 1.30. The average Bonchev–Trinajstić information content (AvgIpc) is 2.85. The average molecular weight is 483 g/mol. The van der Waals surface area contributed by atoms with Gasteiger partial charge in [-0.05, 0) is 69.0 Å². The number of rotatable bonds is 11. The molecule has 0 aliphatic heterocycles. The number of ketones is 2. The van der Waals surface area contributed by atoms with Crippen LogP contribution in [0, 0.1) is 0 Å². The lowest BCUT2D eigenvalue weighted by Gasteiger charge is -2.31. The van der Waals surface area contributed by atoms with Crippen LogP contribution in [0.15, 0.2) is 36.4 Å². The summed E-state index contributed by atoms with van der Waals surface area (Å²) >= 11 is 0. The topological polar surface area (TPSA) is 99.1 Å². The lowest BCUT2D eigenvalue weighted by molar-refractivity contribution is -0.140. The molecule has 0 amide bonds. The van der Waals surface area contributed by atoms with Crippen molar-refractivity contribution in [2.75, 3.05) is 7.11 Å². The molecule has 0 spiro atoms. The molecule has 188 valence electrons. The first-order valence-electron chi connectivity index (χ1n) is 12.2. The van der Waals surface area contributed by atoms with Gasteiger partial charge in [0.25, 0.3) is 0 Å². The number of ether oxygens (including phenoxy) is 3. The molecule has 35 heavy (non-hydrogen) atoms. The van der Waals surface area contributed by atoms with Gasteiger partial charge in [0.2, 0.25) is 0 Å². The highest BCUT2D eigenvalue weighted by atomic mass is 16.5. The number of phenolic OH excluding ortho intramolecular Hbond substituents is 1. The molecule has 0 unspecified atom stereocenters. The van der Waals surface area contributed by atoms with E-state index in [4.69, 9.17) is 9.47 Å². The molecule has 3 rings (SSSR count). The van der Waals surface area contributed by atoms with E-state index in [1.54, 1.807) is 36.4 Å². The number of carbonyl (C=O) groups is 3. The molecular formula is C28H34O7. The Morgan fingerprint density at radius 3 is 2.29 bits per heavy atom. The van der Waals surface area contributed by atoms with E-state index < -0.39 is 5.97 Å². The predicted molar refractivity (Wildman–Crippen MR) is 131 cm³/mol. The second kappa shape index (κ2) is 12.4. The minimum absolute atomic E-state index is 0.0154. The Morgan fingerprint density at radius 2 is 1.66 bits per heavy atom. The molecule has 1 saturated carbocycles. The summed E-state index contributed by atoms with van der Waals surface area (Å²) < 4.78 is 17.0. The number of carbonyl (C=O) groups excluding carboxylic acids is 3. The Morgan fingerprint density at radius 1 is 0.971 bits per heavy atom. The van der Waals surface area contributed by atoms with E-state index in [2.05, 4.69) is 4.74 Å². The van der Waals surface area contributed by atoms with Gasteiger partial charge >= 0.3 is 5.97 Å². The summed E-state index contributed by atoms with van der Waals surface area (Å²) in [5, 5.41) is 10.6. The van der Waals surface area contributed by atoms with Crippen LogP contribution in [0.2, 0.25) is 0 Å². The summed E-state index contributed by atoms with van der Waals surface area (Å²) in [5.41, 5.74) is 1.52. The van der Waals surface area contributed by atoms with Crippen molar-refractivity contribution in [1.29, 1.82) is 0 Å². The molecule has 0 saturated heterocycles. The van der Waals surface area contributed by atoms with Gasteiger partial charge in [0.05, 0.1) is 19.1 Å². The Hall–Kier alpha value is -3.35. The van der Waals surface area contributed by atoms with Gasteiger partial charge in [-0.1, -0.05) is 13.3 Å². The highest BCUT2D eigenvalue weighted by Crippen LogP contribution is 2.35. The first-order chi connectivity index (χ1) is 16.8. The minimum Gasteiger partial charge on any atom is -0.507 e. The van der Waals surface area contributed by atoms with Crippen LogP contribution >= 0.6 is 0 Å². The van der Waals surface area contributed by atoms with Gasteiger partial charge < -0.3 is 19.3 Å². The van der Waals surface area contributed by atoms with Crippen molar-refractivity contribution >= 4 is 17.5 Å². The van der Waals surface area contributed by atoms with Gasteiger partial charge in [0.15, 0.2) is 11.6 Å². The zero-order chi connectivity index (χ0) is 25.4. The van der Waals surface area contributed by atoms with Crippen molar-refractivity contribution in [3.8, 4) is 17.2 Å². The van der Waals surface area contributed by atoms with Crippen molar-refractivity contribution in [3.05, 3.63) is 53.1 Å². The second-order valence-electron chi connectivity index (χ2n) is 8.91. The Balaban J connectivity index is 1.61. The van der Waals surface area contributed by atoms with Gasteiger partial charge in [0.1, 0.15) is 29.5 Å². The normalized spacial score (nSPS) is 17.5. The maximum Gasteiger partial charge on any atom is 0.305 e. The highest BCUT2D eigenvalue weighted by Gasteiger charge is 2.26. The number of aromatic hydroxyl groups is 1. The molecular weight excluding hydrogens is 448 g/mol. The zero-order valence-corrected chi connectivity index (χ0v) is 20.7. The van der Waals surface area contributed by atoms with Crippen molar-refractivity contribution in [1.82, 2.24) is 0 Å². The molecule has 2 aromatic carbocycles. The maximum absolute atomic E-state index is 12.2. The van der Waals surface area contributed by atoms with Gasteiger partial charge in [-0.25, -0.2) is 0 Å². The SMILES string of the molecule is CCCc1c(O[C@H]2CCC[C@H](Oc3ccc(C(=O)CCC(=O)OC)cc3)C2)ccc(C(C)=O)c1O. The van der Waals surface area contributed by atoms with Crippen LogP contribution in [0.25, 0.3) is 0 Å². The number of Topliss-reactive ketones (excluding diaryl/α,β-unsaturated/α-hetero) is 2. The van der Waals surface area contributed by atoms with Gasteiger partial charge in [-0.2, -0.15) is 0 Å². The van der Waals surface area contributed by atoms with Crippen molar-refractivity contribution in [2.24, 2.45) is 0 Å². The minimum atomic E-state index is -0.404. The van der Waals surface area contributed by atoms with Crippen LogP contribution in [0.5, 0.6) is 17.2 Å². The number of esters is 1. The first-order valence-corrected chi connectivity index (χ1v) is 12.2. The van der Waals surface area contributed by atoms with E-state index in [1.165, 1.54) is 14.0 Å². The van der Waals surface area contributed by atoms with Crippen LogP contribution in [0.4, 0.5) is 0 Å². The molecule has 1 fully saturated rings. The maximum atomic E-state index is 12.2. The fourth-order valence-corrected chi connectivity index (χ4v) is 4.37. The lowest BCUT2D eigenvalue weighted by atomic mass is 9.94. The van der Waals surface area contributed by atoms with Crippen LogP contribution in [0.3, 0.4) is 0 Å². The molecule has 1 aliphatic rings. The number of hydrogen-bond donors (Lipinski definition) is 1. The van der Waals surface area contributed by atoms with Crippen LogP contribution < -0.4 is 9.47 Å². The van der Waals surface area contributed by atoms with E-state index >= 15 is 0 Å². The smallest absolute Gasteiger partial charge is 0.305 e. The molecule has 7 nitrogen and oxygen atoms in total. The largest absolute Gasteiger partial charge is 0.507 e. The summed E-state index contributed by atoms with van der Waals surface area (Å²) in [6, 6.07) is 10.4. The van der Waals surface area contributed by atoms with Crippen molar-refractivity contribution in [3.63, 3.8) is 0 Å². The van der Waals surface area contributed by atoms with Crippen LogP contribution in [-0.2, 0) is 16.0 Å². The molecule has 0 radical (unpaired) electrons. The van der Waals surface area contributed by atoms with Crippen molar-refractivity contribution < 1.29 is 33.7 Å². The summed E-state index contributed by atoms with van der Waals surface area (Å²) in [5.74, 6) is 0.620. The van der Waals surface area contributed by atoms with Crippen molar-refractivity contribution in [2.45, 2.75) is 77.4 Å². The Bertz CT molecular complexity index is 1040. The van der Waals surface area contributed by atoms with E-state index in [0.717, 1.165) is 25.7 Å². The first kappa shape index (κ1) is 26.3. The van der Waals surface area contributed by atoms with Crippen LogP contribution in [-0.4, -0.2) is 42.0 Å². The third kappa shape index (κ3) is 7.07. The number of benzene rings is 2. The molecule has 2 atom stereocenters. The molecule has 2 aromatic rings. The molecule has 1 aliphatic carbocycles. The zero-order valence-electron chi connectivity index (χ0n) is 20.7. The van der Waals surface area contributed by atoms with Gasteiger partial charge in [-0.3, -0.25) is 14.4 Å². The van der Waals surface area contributed by atoms with E-state index in [-0.39, 0.29) is 42.4 Å². The number of phenols is 1. The second-order valence-corrected chi connectivity index (χ2v) is 8.91. The van der Waals surface area contributed by atoms with E-state index in [1.807, 2.05) is 6.92 Å². The van der Waals surface area contributed by atoms with E-state index in [9.17, 15) is 19.5 Å².